The third kappa shape index (κ3) is 5.77. The van der Waals surface area contributed by atoms with Crippen LogP contribution < -0.4 is 8.92 Å². The van der Waals surface area contributed by atoms with E-state index in [2.05, 4.69) is 15.9 Å². The number of carbonyl (C=O) groups is 2. The van der Waals surface area contributed by atoms with Crippen molar-refractivity contribution in [3.63, 3.8) is 0 Å². The molecule has 0 unspecified atom stereocenters. The van der Waals surface area contributed by atoms with Crippen LogP contribution in [0.3, 0.4) is 0 Å². The Labute approximate surface area is 216 Å². The highest BCUT2D eigenvalue weighted by molar-refractivity contribution is 9.10. The number of aryl methyl sites for hydroxylation is 1. The quantitative estimate of drug-likeness (QED) is 0.262. The van der Waals surface area contributed by atoms with Crippen molar-refractivity contribution in [2.45, 2.75) is 18.4 Å². The summed E-state index contributed by atoms with van der Waals surface area (Å²) >= 11 is 4.19. The van der Waals surface area contributed by atoms with Gasteiger partial charge in [-0.15, -0.1) is 0 Å². The predicted octanol–water partition coefficient (Wildman–Crippen LogP) is 5.77. The number of thioether (sulfide) groups is 1. The van der Waals surface area contributed by atoms with Crippen molar-refractivity contribution >= 4 is 55.0 Å². The number of halogens is 1. The van der Waals surface area contributed by atoms with Crippen molar-refractivity contribution in [2.24, 2.45) is 0 Å². The molecule has 0 N–H and O–H groups in total. The van der Waals surface area contributed by atoms with Gasteiger partial charge < -0.3 is 8.92 Å². The van der Waals surface area contributed by atoms with E-state index in [0.29, 0.717) is 5.56 Å². The fourth-order valence-corrected chi connectivity index (χ4v) is 5.31. The van der Waals surface area contributed by atoms with E-state index in [-0.39, 0.29) is 33.1 Å². The minimum atomic E-state index is -4.11. The van der Waals surface area contributed by atoms with Crippen molar-refractivity contribution < 1.29 is 26.9 Å². The number of ether oxygens (including phenoxy) is 1. The maximum Gasteiger partial charge on any atom is 0.339 e. The number of hydrogen-bond acceptors (Lipinski definition) is 7. The number of methoxy groups -OCH3 is 1. The van der Waals surface area contributed by atoms with Crippen molar-refractivity contribution in [3.05, 3.63) is 92.8 Å². The second-order valence-corrected chi connectivity index (χ2v) is 11.1. The summed E-state index contributed by atoms with van der Waals surface area (Å²) in [6.07, 6.45) is 1.53. The first kappa shape index (κ1) is 25.0. The van der Waals surface area contributed by atoms with Gasteiger partial charge in [0.1, 0.15) is 4.90 Å². The Morgan fingerprint density at radius 3 is 2.31 bits per heavy atom. The summed E-state index contributed by atoms with van der Waals surface area (Å²) in [5, 5.41) is -0.379. The number of carbonyl (C=O) groups excluding carboxylic acids is 2. The molecule has 1 aliphatic heterocycles. The van der Waals surface area contributed by atoms with Crippen molar-refractivity contribution in [3.8, 4) is 11.5 Å². The van der Waals surface area contributed by atoms with Gasteiger partial charge in [0, 0.05) is 4.47 Å². The number of nitrogens with zero attached hydrogens (tertiary/aromatic N) is 1. The molecule has 0 saturated carbocycles. The van der Waals surface area contributed by atoms with Crippen LogP contribution in [0.25, 0.3) is 6.08 Å². The highest BCUT2D eigenvalue weighted by Gasteiger charge is 2.35. The van der Waals surface area contributed by atoms with Gasteiger partial charge in [-0.3, -0.25) is 14.5 Å². The van der Waals surface area contributed by atoms with Crippen molar-refractivity contribution in [1.82, 2.24) is 4.90 Å². The third-order valence-corrected chi connectivity index (χ3v) is 7.81. The predicted molar refractivity (Wildman–Crippen MR) is 138 cm³/mol. The third-order valence-electron chi connectivity index (χ3n) is 5.12. The molecule has 3 aromatic carbocycles. The van der Waals surface area contributed by atoms with Crippen LogP contribution in [0.4, 0.5) is 4.79 Å². The van der Waals surface area contributed by atoms with E-state index in [1.165, 1.54) is 42.4 Å². The van der Waals surface area contributed by atoms with E-state index in [0.717, 1.165) is 27.4 Å². The molecule has 0 aromatic heterocycles. The summed E-state index contributed by atoms with van der Waals surface area (Å²) in [7, 11) is -2.71. The Morgan fingerprint density at radius 1 is 0.971 bits per heavy atom. The molecule has 0 radical (unpaired) electrons. The van der Waals surface area contributed by atoms with E-state index in [1.807, 2.05) is 31.2 Å². The molecule has 0 aliphatic carbocycles. The number of rotatable bonds is 7. The van der Waals surface area contributed by atoms with Crippen LogP contribution >= 0.6 is 27.7 Å². The summed E-state index contributed by atoms with van der Waals surface area (Å²) in [4.78, 5) is 26.8. The molecule has 1 heterocycles. The molecule has 1 aliphatic rings. The lowest BCUT2D eigenvalue weighted by atomic mass is 10.1. The number of benzene rings is 3. The summed E-state index contributed by atoms with van der Waals surface area (Å²) in [6, 6.07) is 18.3. The molecule has 1 saturated heterocycles. The molecule has 7 nitrogen and oxygen atoms in total. The Hall–Kier alpha value is -3.08. The molecule has 0 bridgehead atoms. The van der Waals surface area contributed by atoms with Gasteiger partial charge in [-0.05, 0) is 72.3 Å². The van der Waals surface area contributed by atoms with Crippen LogP contribution in [0, 0.1) is 6.92 Å². The fourth-order valence-electron chi connectivity index (χ4n) is 3.28. The normalized spacial score (nSPS) is 15.1. The standard InChI is InChI=1S/C25H20BrNO6S2/c1-16-3-10-20(11-4-16)35(30,31)33-22-13-18(7-12-21(22)32-2)14-23-24(28)27(25(29)34-23)15-17-5-8-19(26)9-6-17/h3-14H,15H2,1-2H3/b23-14-. The molecular formula is C25H20BrNO6S2. The lowest BCUT2D eigenvalue weighted by Crippen LogP contribution is -2.27. The van der Waals surface area contributed by atoms with Crippen LogP contribution in [0.1, 0.15) is 16.7 Å². The van der Waals surface area contributed by atoms with Gasteiger partial charge >= 0.3 is 10.1 Å². The SMILES string of the molecule is COc1ccc(/C=C2\SC(=O)N(Cc3ccc(Br)cc3)C2=O)cc1OS(=O)(=O)c1ccc(C)cc1. The van der Waals surface area contributed by atoms with Gasteiger partial charge in [0.05, 0.1) is 18.6 Å². The maximum absolute atomic E-state index is 12.9. The Morgan fingerprint density at radius 2 is 1.66 bits per heavy atom. The first-order valence-corrected chi connectivity index (χ1v) is 13.4. The van der Waals surface area contributed by atoms with Crippen LogP contribution in [0.5, 0.6) is 11.5 Å². The summed E-state index contributed by atoms with van der Waals surface area (Å²) < 4.78 is 37.0. The van der Waals surface area contributed by atoms with E-state index in [1.54, 1.807) is 18.2 Å². The zero-order chi connectivity index (χ0) is 25.2. The molecule has 0 spiro atoms. The lowest BCUT2D eigenvalue weighted by molar-refractivity contribution is -0.123. The lowest BCUT2D eigenvalue weighted by Gasteiger charge is -2.13. The Kier molecular flexibility index (Phi) is 7.34. The number of hydrogen-bond donors (Lipinski definition) is 0. The first-order chi connectivity index (χ1) is 16.7. The topological polar surface area (TPSA) is 90.0 Å². The molecule has 1 fully saturated rings. The monoisotopic (exact) mass is 573 g/mol. The maximum atomic E-state index is 12.9. The van der Waals surface area contributed by atoms with Crippen LogP contribution in [-0.2, 0) is 21.5 Å². The van der Waals surface area contributed by atoms with E-state index < -0.39 is 16.0 Å². The highest BCUT2D eigenvalue weighted by Crippen LogP contribution is 2.36. The zero-order valence-corrected chi connectivity index (χ0v) is 21.9. The molecular weight excluding hydrogens is 554 g/mol. The Bertz CT molecular complexity index is 1420. The van der Waals surface area contributed by atoms with Gasteiger partial charge in [-0.25, -0.2) is 0 Å². The van der Waals surface area contributed by atoms with Gasteiger partial charge in [0.2, 0.25) is 0 Å². The van der Waals surface area contributed by atoms with Gasteiger partial charge in [0.15, 0.2) is 11.5 Å². The second-order valence-electron chi connectivity index (χ2n) is 7.66. The van der Waals surface area contributed by atoms with E-state index in [4.69, 9.17) is 8.92 Å². The first-order valence-electron chi connectivity index (χ1n) is 10.4. The molecule has 35 heavy (non-hydrogen) atoms. The van der Waals surface area contributed by atoms with Gasteiger partial charge in [0.25, 0.3) is 11.1 Å². The summed E-state index contributed by atoms with van der Waals surface area (Å²) in [5.74, 6) is -0.245. The van der Waals surface area contributed by atoms with Crippen LogP contribution in [0.2, 0.25) is 0 Å². The van der Waals surface area contributed by atoms with Crippen molar-refractivity contribution in [2.75, 3.05) is 7.11 Å². The van der Waals surface area contributed by atoms with E-state index in [9.17, 15) is 18.0 Å². The summed E-state index contributed by atoms with van der Waals surface area (Å²) in [6.45, 7) is 2.01. The zero-order valence-electron chi connectivity index (χ0n) is 18.7. The Balaban J connectivity index is 1.58. The molecule has 10 heteroatoms. The average Bonchev–Trinajstić information content (AvgIpc) is 3.08. The van der Waals surface area contributed by atoms with Crippen LogP contribution in [0.15, 0.2) is 81.0 Å². The van der Waals surface area contributed by atoms with Gasteiger partial charge in [-0.1, -0.05) is 51.8 Å². The highest BCUT2D eigenvalue weighted by atomic mass is 79.9. The summed E-state index contributed by atoms with van der Waals surface area (Å²) in [5.41, 5.74) is 2.21. The van der Waals surface area contributed by atoms with Gasteiger partial charge in [-0.2, -0.15) is 8.42 Å². The average molecular weight is 574 g/mol. The molecule has 3 aromatic rings. The molecule has 180 valence electrons. The second kappa shape index (κ2) is 10.3. The molecule has 4 rings (SSSR count). The smallest absolute Gasteiger partial charge is 0.339 e. The molecule has 0 atom stereocenters. The largest absolute Gasteiger partial charge is 0.493 e. The van der Waals surface area contributed by atoms with E-state index >= 15 is 0 Å². The minimum Gasteiger partial charge on any atom is -0.493 e. The van der Waals surface area contributed by atoms with Crippen molar-refractivity contribution in [1.29, 1.82) is 0 Å². The number of imide groups is 1. The van der Waals surface area contributed by atoms with Crippen LogP contribution in [-0.4, -0.2) is 31.6 Å². The minimum absolute atomic E-state index is 0.00428. The molecule has 2 amide bonds. The fraction of sp³-hybridized carbons (Fsp3) is 0.120. The number of amides is 2.